The molecule has 0 unspecified atom stereocenters. The molecule has 5 nitrogen and oxygen atoms in total. The fourth-order valence-corrected chi connectivity index (χ4v) is 2.30. The molecule has 0 aliphatic rings. The largest absolute Gasteiger partial charge is 0.497 e. The van der Waals surface area contributed by atoms with Crippen LogP contribution in [0.3, 0.4) is 0 Å². The van der Waals surface area contributed by atoms with Crippen molar-refractivity contribution in [2.24, 2.45) is 5.14 Å². The number of primary sulfonamides is 1. The fraction of sp³-hybridized carbons (Fsp3) is 0.222. The van der Waals surface area contributed by atoms with E-state index in [4.69, 9.17) is 9.88 Å². The molecule has 1 aromatic rings. The van der Waals surface area contributed by atoms with Crippen molar-refractivity contribution in [1.29, 1.82) is 0 Å². The summed E-state index contributed by atoms with van der Waals surface area (Å²) in [6.45, 7) is 1.55. The van der Waals surface area contributed by atoms with Gasteiger partial charge in [-0.2, -0.15) is 0 Å². The van der Waals surface area contributed by atoms with E-state index in [-0.39, 0.29) is 10.5 Å². The molecule has 0 aliphatic carbocycles. The lowest BCUT2D eigenvalue weighted by molar-refractivity contribution is 0.112. The molecular weight excluding hydrogens is 218 g/mol. The minimum atomic E-state index is -3.89. The summed E-state index contributed by atoms with van der Waals surface area (Å²) >= 11 is 0. The molecule has 15 heavy (non-hydrogen) atoms. The number of sulfonamides is 1. The van der Waals surface area contributed by atoms with Gasteiger partial charge in [0.25, 0.3) is 0 Å². The predicted molar refractivity (Wildman–Crippen MR) is 54.5 cm³/mol. The Balaban J connectivity index is 3.59. The Labute approximate surface area is 87.9 Å². The van der Waals surface area contributed by atoms with Gasteiger partial charge in [-0.15, -0.1) is 0 Å². The molecule has 0 amide bonds. The van der Waals surface area contributed by atoms with Crippen molar-refractivity contribution in [2.45, 2.75) is 11.8 Å². The molecule has 1 aromatic carbocycles. The van der Waals surface area contributed by atoms with E-state index < -0.39 is 10.0 Å². The van der Waals surface area contributed by atoms with Gasteiger partial charge in [-0.25, -0.2) is 13.6 Å². The predicted octanol–water partition coefficient (Wildman–Crippen LogP) is 0.464. The first-order chi connectivity index (χ1) is 6.90. The Hall–Kier alpha value is -1.40. The molecule has 0 radical (unpaired) electrons. The number of aryl methyl sites for hydroxylation is 1. The molecule has 2 N–H and O–H groups in total. The van der Waals surface area contributed by atoms with E-state index in [1.807, 2.05) is 0 Å². The first-order valence-corrected chi connectivity index (χ1v) is 5.61. The maximum absolute atomic E-state index is 11.2. The average molecular weight is 229 g/mol. The van der Waals surface area contributed by atoms with Crippen LogP contribution in [0.1, 0.15) is 15.9 Å². The zero-order valence-electron chi connectivity index (χ0n) is 8.35. The van der Waals surface area contributed by atoms with Crippen LogP contribution in [0.2, 0.25) is 0 Å². The van der Waals surface area contributed by atoms with E-state index in [2.05, 4.69) is 0 Å². The molecule has 0 aromatic heterocycles. The van der Waals surface area contributed by atoms with Crippen LogP contribution in [0.4, 0.5) is 0 Å². The summed E-state index contributed by atoms with van der Waals surface area (Å²) in [4.78, 5) is 10.6. The Kier molecular flexibility index (Phi) is 3.11. The van der Waals surface area contributed by atoms with Gasteiger partial charge >= 0.3 is 0 Å². The van der Waals surface area contributed by atoms with Gasteiger partial charge < -0.3 is 4.74 Å². The number of benzene rings is 1. The van der Waals surface area contributed by atoms with Crippen molar-refractivity contribution in [3.05, 3.63) is 23.3 Å². The number of rotatable bonds is 3. The molecule has 0 bridgehead atoms. The molecule has 0 fully saturated rings. The third kappa shape index (κ3) is 2.34. The van der Waals surface area contributed by atoms with Gasteiger partial charge in [0.1, 0.15) is 5.75 Å². The molecule has 0 saturated heterocycles. The van der Waals surface area contributed by atoms with Gasteiger partial charge in [0.15, 0.2) is 6.29 Å². The van der Waals surface area contributed by atoms with Crippen LogP contribution in [0, 0.1) is 6.92 Å². The lowest BCUT2D eigenvalue weighted by Crippen LogP contribution is -2.16. The quantitative estimate of drug-likeness (QED) is 0.763. The second kappa shape index (κ2) is 4.00. The van der Waals surface area contributed by atoms with E-state index in [1.54, 1.807) is 6.92 Å². The van der Waals surface area contributed by atoms with Crippen molar-refractivity contribution in [3.63, 3.8) is 0 Å². The summed E-state index contributed by atoms with van der Waals surface area (Å²) in [7, 11) is -2.46. The van der Waals surface area contributed by atoms with E-state index in [0.29, 0.717) is 17.6 Å². The summed E-state index contributed by atoms with van der Waals surface area (Å²) in [5.74, 6) is 0.419. The molecule has 0 saturated carbocycles. The van der Waals surface area contributed by atoms with E-state index in [0.717, 1.165) is 0 Å². The summed E-state index contributed by atoms with van der Waals surface area (Å²) in [5.41, 5.74) is 0.397. The highest BCUT2D eigenvalue weighted by Crippen LogP contribution is 2.23. The van der Waals surface area contributed by atoms with Gasteiger partial charge in [0.05, 0.1) is 12.0 Å². The topological polar surface area (TPSA) is 86.5 Å². The van der Waals surface area contributed by atoms with E-state index in [9.17, 15) is 13.2 Å². The number of nitrogens with two attached hydrogens (primary N) is 1. The minimum absolute atomic E-state index is 0.00866. The zero-order chi connectivity index (χ0) is 11.6. The fourth-order valence-electron chi connectivity index (χ4n) is 1.36. The Morgan fingerprint density at radius 1 is 1.40 bits per heavy atom. The second-order valence-electron chi connectivity index (χ2n) is 3.03. The maximum Gasteiger partial charge on any atom is 0.239 e. The molecule has 0 spiro atoms. The Bertz CT molecular complexity index is 493. The Morgan fingerprint density at radius 2 is 2.00 bits per heavy atom. The monoisotopic (exact) mass is 229 g/mol. The summed E-state index contributed by atoms with van der Waals surface area (Å²) < 4.78 is 27.3. The number of hydrogen-bond acceptors (Lipinski definition) is 4. The summed E-state index contributed by atoms with van der Waals surface area (Å²) in [6, 6.07) is 2.84. The Morgan fingerprint density at radius 3 is 2.40 bits per heavy atom. The second-order valence-corrected chi connectivity index (χ2v) is 4.52. The molecule has 1 rings (SSSR count). The highest BCUT2D eigenvalue weighted by molar-refractivity contribution is 7.89. The summed E-state index contributed by atoms with van der Waals surface area (Å²) in [5, 5.41) is 5.00. The van der Waals surface area contributed by atoms with Crippen LogP contribution < -0.4 is 9.88 Å². The maximum atomic E-state index is 11.2. The van der Waals surface area contributed by atoms with Crippen LogP contribution in [-0.4, -0.2) is 21.8 Å². The molecule has 0 atom stereocenters. The van der Waals surface area contributed by atoms with Crippen molar-refractivity contribution < 1.29 is 17.9 Å². The third-order valence-electron chi connectivity index (χ3n) is 1.92. The minimum Gasteiger partial charge on any atom is -0.497 e. The molecular formula is C9H11NO4S. The number of carbonyl (C=O) groups excluding carboxylic acids is 1. The number of carbonyl (C=O) groups is 1. The summed E-state index contributed by atoms with van der Waals surface area (Å²) in [6.07, 6.45) is 0.440. The first-order valence-electron chi connectivity index (χ1n) is 4.06. The van der Waals surface area contributed by atoms with Crippen molar-refractivity contribution >= 4 is 16.3 Å². The molecule has 0 heterocycles. The molecule has 6 heteroatoms. The lowest BCUT2D eigenvalue weighted by Gasteiger charge is -2.08. The molecule has 82 valence electrons. The number of methoxy groups -OCH3 is 1. The van der Waals surface area contributed by atoms with Gasteiger partial charge in [-0.05, 0) is 24.6 Å². The third-order valence-corrected chi connectivity index (χ3v) is 3.05. The normalized spacial score (nSPS) is 11.1. The van der Waals surface area contributed by atoms with Crippen molar-refractivity contribution in [1.82, 2.24) is 0 Å². The van der Waals surface area contributed by atoms with Gasteiger partial charge in [-0.1, -0.05) is 0 Å². The highest BCUT2D eigenvalue weighted by Gasteiger charge is 2.17. The van der Waals surface area contributed by atoms with Crippen LogP contribution in [0.5, 0.6) is 5.75 Å². The highest BCUT2D eigenvalue weighted by atomic mass is 32.2. The van der Waals surface area contributed by atoms with Gasteiger partial charge in [0, 0.05) is 5.56 Å². The SMILES string of the molecule is COc1cc(C)c(S(N)(=O)=O)c(C=O)c1. The first kappa shape index (κ1) is 11.7. The smallest absolute Gasteiger partial charge is 0.239 e. The van der Waals surface area contributed by atoms with Gasteiger partial charge in [0.2, 0.25) is 10.0 Å². The number of hydrogen-bond donors (Lipinski definition) is 1. The standard InChI is InChI=1S/C9H11NO4S/c1-6-3-8(14-2)4-7(5-11)9(6)15(10,12)13/h3-5H,1-2H3,(H2,10,12,13). The number of ether oxygens (including phenoxy) is 1. The van der Waals surface area contributed by atoms with Crippen molar-refractivity contribution in [3.8, 4) is 5.75 Å². The molecule has 0 aliphatic heterocycles. The van der Waals surface area contributed by atoms with Crippen LogP contribution in [0.15, 0.2) is 17.0 Å². The number of aldehydes is 1. The van der Waals surface area contributed by atoms with Crippen LogP contribution >= 0.6 is 0 Å². The van der Waals surface area contributed by atoms with E-state index >= 15 is 0 Å². The van der Waals surface area contributed by atoms with Crippen molar-refractivity contribution in [2.75, 3.05) is 7.11 Å². The zero-order valence-corrected chi connectivity index (χ0v) is 9.17. The van der Waals surface area contributed by atoms with E-state index in [1.165, 1.54) is 19.2 Å². The van der Waals surface area contributed by atoms with Crippen LogP contribution in [-0.2, 0) is 10.0 Å². The van der Waals surface area contributed by atoms with Crippen LogP contribution in [0.25, 0.3) is 0 Å². The van der Waals surface area contributed by atoms with Gasteiger partial charge in [-0.3, -0.25) is 4.79 Å². The average Bonchev–Trinajstić information content (AvgIpc) is 2.14. The lowest BCUT2D eigenvalue weighted by atomic mass is 10.1.